The van der Waals surface area contributed by atoms with Crippen LogP contribution in [-0.2, 0) is 19.1 Å². The second kappa shape index (κ2) is 2.97. The number of allylic oxidation sites excluding steroid dienone is 1. The summed E-state index contributed by atoms with van der Waals surface area (Å²) in [5.74, 6) is -0.669. The minimum atomic E-state index is -0.740. The van der Waals surface area contributed by atoms with E-state index in [0.717, 1.165) is 0 Å². The maximum Gasteiger partial charge on any atom is 0.334 e. The van der Waals surface area contributed by atoms with E-state index in [1.165, 1.54) is 0 Å². The molecule has 0 radical (unpaired) electrons. The lowest BCUT2D eigenvalue weighted by molar-refractivity contribution is -0.146. The van der Waals surface area contributed by atoms with E-state index in [1.807, 2.05) is 6.08 Å². The fourth-order valence-electron chi connectivity index (χ4n) is 3.05. The highest BCUT2D eigenvalue weighted by atomic mass is 16.5. The molecule has 3 aliphatic rings. The molecule has 0 saturated carbocycles. The first-order chi connectivity index (χ1) is 7.70. The van der Waals surface area contributed by atoms with Gasteiger partial charge in [-0.25, -0.2) is 4.79 Å². The molecule has 2 fully saturated rings. The zero-order valence-corrected chi connectivity index (χ0v) is 8.77. The molecule has 2 aliphatic heterocycles. The fourth-order valence-corrected chi connectivity index (χ4v) is 3.05. The van der Waals surface area contributed by atoms with Gasteiger partial charge >= 0.3 is 11.9 Å². The zero-order valence-electron chi connectivity index (χ0n) is 8.77. The molecule has 0 aromatic heterocycles. The highest BCUT2D eigenvalue weighted by molar-refractivity contribution is 5.95. The Bertz CT molecular complexity index is 423. The Morgan fingerprint density at radius 2 is 2.19 bits per heavy atom. The summed E-state index contributed by atoms with van der Waals surface area (Å²) in [6.07, 6.45) is 4.21. The summed E-state index contributed by atoms with van der Waals surface area (Å²) in [5, 5.41) is 0. The number of hydrogen-bond donors (Lipinski definition) is 0. The second-order valence-electron chi connectivity index (χ2n) is 4.48. The number of carbonyl (C=O) groups is 2. The molecule has 16 heavy (non-hydrogen) atoms. The fraction of sp³-hybridized carbons (Fsp3) is 0.500. The van der Waals surface area contributed by atoms with Crippen LogP contribution in [0.2, 0.25) is 0 Å². The van der Waals surface area contributed by atoms with E-state index in [2.05, 4.69) is 6.58 Å². The van der Waals surface area contributed by atoms with Crippen molar-refractivity contribution >= 4 is 11.9 Å². The molecule has 0 aromatic rings. The van der Waals surface area contributed by atoms with E-state index in [-0.39, 0.29) is 30.4 Å². The number of carbonyl (C=O) groups excluding carboxylic acids is 2. The van der Waals surface area contributed by atoms with Crippen molar-refractivity contribution in [3.63, 3.8) is 0 Å². The number of cyclic esters (lactones) is 2. The number of fused-ring (bicyclic) bond motifs is 3. The van der Waals surface area contributed by atoms with Crippen LogP contribution in [0.3, 0.4) is 0 Å². The second-order valence-corrected chi connectivity index (χ2v) is 4.48. The molecule has 1 unspecified atom stereocenters. The van der Waals surface area contributed by atoms with Crippen molar-refractivity contribution in [1.29, 1.82) is 0 Å². The molecule has 4 heteroatoms. The molecular formula is C12H12O4. The van der Waals surface area contributed by atoms with Gasteiger partial charge in [0.2, 0.25) is 0 Å². The molecule has 2 heterocycles. The Morgan fingerprint density at radius 3 is 2.94 bits per heavy atom. The van der Waals surface area contributed by atoms with Crippen LogP contribution in [0, 0.1) is 17.3 Å². The van der Waals surface area contributed by atoms with Crippen molar-refractivity contribution in [2.75, 3.05) is 13.2 Å². The molecule has 0 N–H and O–H groups in total. The summed E-state index contributed by atoms with van der Waals surface area (Å²) < 4.78 is 10.1. The van der Waals surface area contributed by atoms with Gasteiger partial charge in [-0.3, -0.25) is 4.79 Å². The summed E-state index contributed by atoms with van der Waals surface area (Å²) in [7, 11) is 0. The molecule has 4 nitrogen and oxygen atoms in total. The summed E-state index contributed by atoms with van der Waals surface area (Å²) in [4.78, 5) is 23.4. The molecule has 0 bridgehead atoms. The summed E-state index contributed by atoms with van der Waals surface area (Å²) >= 11 is 0. The molecule has 3 rings (SSSR count). The van der Waals surface area contributed by atoms with Gasteiger partial charge in [0.25, 0.3) is 0 Å². The Labute approximate surface area is 92.9 Å². The Kier molecular flexibility index (Phi) is 1.79. The van der Waals surface area contributed by atoms with E-state index in [9.17, 15) is 9.59 Å². The van der Waals surface area contributed by atoms with E-state index in [0.29, 0.717) is 18.6 Å². The van der Waals surface area contributed by atoms with Gasteiger partial charge in [0, 0.05) is 17.4 Å². The average Bonchev–Trinajstić information content (AvgIpc) is 2.82. The van der Waals surface area contributed by atoms with Gasteiger partial charge in [0.05, 0.1) is 6.61 Å². The first kappa shape index (κ1) is 9.63. The van der Waals surface area contributed by atoms with Crippen LogP contribution in [0.15, 0.2) is 24.3 Å². The van der Waals surface area contributed by atoms with E-state index >= 15 is 0 Å². The van der Waals surface area contributed by atoms with Gasteiger partial charge in [-0.15, -0.1) is 6.58 Å². The predicted octanol–water partition coefficient (Wildman–Crippen LogP) is 0.835. The van der Waals surface area contributed by atoms with Crippen molar-refractivity contribution in [3.8, 4) is 0 Å². The van der Waals surface area contributed by atoms with E-state index in [1.54, 1.807) is 6.08 Å². The molecular weight excluding hydrogens is 208 g/mol. The molecule has 0 aromatic carbocycles. The highest BCUT2D eigenvalue weighted by Gasteiger charge is 2.60. The van der Waals surface area contributed by atoms with Gasteiger partial charge < -0.3 is 9.47 Å². The van der Waals surface area contributed by atoms with Crippen molar-refractivity contribution < 1.29 is 19.1 Å². The van der Waals surface area contributed by atoms with Crippen LogP contribution in [0.1, 0.15) is 6.42 Å². The smallest absolute Gasteiger partial charge is 0.334 e. The number of ether oxygens (including phenoxy) is 2. The lowest BCUT2D eigenvalue weighted by Gasteiger charge is -2.35. The monoisotopic (exact) mass is 220 g/mol. The third-order valence-electron chi connectivity index (χ3n) is 3.97. The summed E-state index contributed by atoms with van der Waals surface area (Å²) in [6.45, 7) is 4.44. The molecule has 84 valence electrons. The van der Waals surface area contributed by atoms with Crippen LogP contribution < -0.4 is 0 Å². The molecule has 0 amide bonds. The van der Waals surface area contributed by atoms with Crippen LogP contribution in [-0.4, -0.2) is 25.2 Å². The lowest BCUT2D eigenvalue weighted by Crippen LogP contribution is -2.42. The highest BCUT2D eigenvalue weighted by Crippen LogP contribution is 2.53. The van der Waals surface area contributed by atoms with Gasteiger partial charge in [-0.2, -0.15) is 0 Å². The van der Waals surface area contributed by atoms with Crippen LogP contribution in [0.5, 0.6) is 0 Å². The minimum Gasteiger partial charge on any atom is -0.465 e. The number of hydrogen-bond acceptors (Lipinski definition) is 4. The van der Waals surface area contributed by atoms with E-state index in [4.69, 9.17) is 9.47 Å². The summed E-state index contributed by atoms with van der Waals surface area (Å²) in [6, 6.07) is 0. The average molecular weight is 220 g/mol. The number of esters is 2. The normalized spacial score (nSPS) is 40.6. The largest absolute Gasteiger partial charge is 0.465 e. The quantitative estimate of drug-likeness (QED) is 0.485. The van der Waals surface area contributed by atoms with Gasteiger partial charge in [-0.1, -0.05) is 12.2 Å². The first-order valence-corrected chi connectivity index (χ1v) is 5.38. The predicted molar refractivity (Wildman–Crippen MR) is 54.2 cm³/mol. The van der Waals surface area contributed by atoms with Gasteiger partial charge in [0.1, 0.15) is 12.0 Å². The Hall–Kier alpha value is -1.58. The number of rotatable bonds is 1. The zero-order chi connectivity index (χ0) is 11.3. The SMILES string of the molecule is C=C[C@]12C(=O)OCC1CC=C1C(=O)OC[C@@H]12. The minimum absolute atomic E-state index is 0.0979. The van der Waals surface area contributed by atoms with Crippen molar-refractivity contribution in [1.82, 2.24) is 0 Å². The topological polar surface area (TPSA) is 52.6 Å². The lowest BCUT2D eigenvalue weighted by atomic mass is 9.62. The van der Waals surface area contributed by atoms with Crippen molar-refractivity contribution in [3.05, 3.63) is 24.3 Å². The van der Waals surface area contributed by atoms with Gasteiger partial charge in [-0.05, 0) is 6.42 Å². The molecule has 1 aliphatic carbocycles. The van der Waals surface area contributed by atoms with Crippen LogP contribution in [0.25, 0.3) is 0 Å². The summed E-state index contributed by atoms with van der Waals surface area (Å²) in [5.41, 5.74) is -0.119. The Balaban J connectivity index is 2.13. The molecule has 2 saturated heterocycles. The van der Waals surface area contributed by atoms with Crippen LogP contribution >= 0.6 is 0 Å². The Morgan fingerprint density at radius 1 is 1.38 bits per heavy atom. The molecule has 3 atom stereocenters. The third kappa shape index (κ3) is 0.900. The maximum absolute atomic E-state index is 11.9. The standard InChI is InChI=1S/C12H12O4/c1-2-12-7(5-16-11(12)14)3-4-8-9(12)6-15-10(8)13/h2,4,7,9H,1,3,5-6H2/t7?,9-,12-/m0/s1. The van der Waals surface area contributed by atoms with Crippen molar-refractivity contribution in [2.24, 2.45) is 17.3 Å². The maximum atomic E-state index is 11.9. The van der Waals surface area contributed by atoms with Crippen LogP contribution in [0.4, 0.5) is 0 Å². The first-order valence-electron chi connectivity index (χ1n) is 5.38. The van der Waals surface area contributed by atoms with E-state index < -0.39 is 5.41 Å². The third-order valence-corrected chi connectivity index (χ3v) is 3.97. The van der Waals surface area contributed by atoms with Gasteiger partial charge in [0.15, 0.2) is 0 Å². The molecule has 0 spiro atoms. The van der Waals surface area contributed by atoms with Crippen molar-refractivity contribution in [2.45, 2.75) is 6.42 Å².